The van der Waals surface area contributed by atoms with Crippen LogP contribution in [0.5, 0.6) is 28.7 Å². The van der Waals surface area contributed by atoms with E-state index in [-0.39, 0.29) is 24.1 Å². The third-order valence-corrected chi connectivity index (χ3v) is 6.97. The van der Waals surface area contributed by atoms with Crippen molar-refractivity contribution in [2.45, 2.75) is 32.4 Å². The Bertz CT molecular complexity index is 1380. The number of rotatable bonds is 4. The summed E-state index contributed by atoms with van der Waals surface area (Å²) in [6.45, 7) is 3.03. The van der Waals surface area contributed by atoms with E-state index in [1.54, 1.807) is 31.4 Å². The number of carbonyl (C=O) groups is 2. The van der Waals surface area contributed by atoms with Gasteiger partial charge in [-0.2, -0.15) is 0 Å². The van der Waals surface area contributed by atoms with Crippen LogP contribution in [0.2, 0.25) is 0 Å². The molecule has 1 unspecified atom stereocenters. The lowest BCUT2D eigenvalue weighted by Gasteiger charge is -2.42. The minimum atomic E-state index is -0.614. The molecule has 8 heteroatoms. The highest BCUT2D eigenvalue weighted by Crippen LogP contribution is 2.46. The van der Waals surface area contributed by atoms with Crippen LogP contribution in [0.15, 0.2) is 48.5 Å². The minimum absolute atomic E-state index is 0.158. The van der Waals surface area contributed by atoms with Gasteiger partial charge in [0.2, 0.25) is 6.79 Å². The summed E-state index contributed by atoms with van der Waals surface area (Å²) in [7, 11) is 1.55. The summed E-state index contributed by atoms with van der Waals surface area (Å²) in [6.07, 6.45) is 1.66. The topological polar surface area (TPSA) is 83.5 Å². The first kappa shape index (κ1) is 22.4. The van der Waals surface area contributed by atoms with Gasteiger partial charge in [0.05, 0.1) is 7.11 Å². The van der Waals surface area contributed by atoms with E-state index < -0.39 is 11.9 Å². The Morgan fingerprint density at radius 3 is 2.58 bits per heavy atom. The first-order valence-corrected chi connectivity index (χ1v) is 11.9. The van der Waals surface area contributed by atoms with Crippen LogP contribution in [0.25, 0.3) is 0 Å². The number of hydrogen-bond acceptors (Lipinski definition) is 8. The number of para-hydroxylation sites is 1. The fourth-order valence-electron chi connectivity index (χ4n) is 5.29. The quantitative estimate of drug-likeness (QED) is 0.400. The number of nitrogens with zero attached hydrogens (tertiary/aromatic N) is 1. The first-order valence-electron chi connectivity index (χ1n) is 11.9. The van der Waals surface area contributed by atoms with Crippen molar-refractivity contribution in [1.82, 2.24) is 4.90 Å². The average molecular weight is 488 g/mol. The molecule has 0 saturated carbocycles. The van der Waals surface area contributed by atoms with Crippen LogP contribution in [0, 0.1) is 0 Å². The maximum atomic E-state index is 13.2. The summed E-state index contributed by atoms with van der Waals surface area (Å²) >= 11 is 0. The standard InChI is InChI=1S/C28H25NO7/c1-16(30)35-23-6-4-3-5-19(23)28(31)36-27-21-14-29-10-9-18-12-25-26(34-15-33-25)13-20(18)22(29)11-17(21)7-8-24(27)32-2/h3-8,12-13,22H,9-11,14-15H2,1-2H3. The van der Waals surface area contributed by atoms with Crippen LogP contribution in [0.1, 0.15) is 45.6 Å². The number of hydrogen-bond donors (Lipinski definition) is 0. The van der Waals surface area contributed by atoms with Crippen molar-refractivity contribution in [3.63, 3.8) is 0 Å². The monoisotopic (exact) mass is 487 g/mol. The molecule has 0 amide bonds. The smallest absolute Gasteiger partial charge is 0.347 e. The van der Waals surface area contributed by atoms with E-state index in [0.29, 0.717) is 18.0 Å². The van der Waals surface area contributed by atoms with Crippen LogP contribution in [-0.2, 0) is 24.2 Å². The Labute approximate surface area is 208 Å². The molecule has 0 radical (unpaired) electrons. The van der Waals surface area contributed by atoms with Gasteiger partial charge in [-0.3, -0.25) is 9.69 Å². The lowest BCUT2D eigenvalue weighted by Crippen LogP contribution is -2.39. The van der Waals surface area contributed by atoms with Crippen LogP contribution < -0.4 is 23.7 Å². The zero-order valence-corrected chi connectivity index (χ0v) is 20.0. The van der Waals surface area contributed by atoms with Crippen molar-refractivity contribution < 1.29 is 33.3 Å². The number of benzene rings is 3. The van der Waals surface area contributed by atoms with E-state index in [2.05, 4.69) is 17.0 Å². The molecule has 3 aromatic rings. The zero-order chi connectivity index (χ0) is 24.8. The van der Waals surface area contributed by atoms with Crippen LogP contribution in [0.4, 0.5) is 0 Å². The van der Waals surface area contributed by atoms with Crippen LogP contribution >= 0.6 is 0 Å². The van der Waals surface area contributed by atoms with Gasteiger partial charge in [-0.25, -0.2) is 4.79 Å². The maximum absolute atomic E-state index is 13.2. The second-order valence-electron chi connectivity index (χ2n) is 9.06. The number of carbonyl (C=O) groups excluding carboxylic acids is 2. The molecule has 3 aliphatic rings. The molecule has 0 spiro atoms. The van der Waals surface area contributed by atoms with E-state index in [9.17, 15) is 9.59 Å². The second-order valence-corrected chi connectivity index (χ2v) is 9.06. The summed E-state index contributed by atoms with van der Waals surface area (Å²) in [4.78, 5) is 27.1. The minimum Gasteiger partial charge on any atom is -0.493 e. The van der Waals surface area contributed by atoms with Crippen molar-refractivity contribution in [2.24, 2.45) is 0 Å². The maximum Gasteiger partial charge on any atom is 0.347 e. The molecule has 36 heavy (non-hydrogen) atoms. The molecule has 3 aromatic carbocycles. The van der Waals surface area contributed by atoms with Gasteiger partial charge in [-0.1, -0.05) is 18.2 Å². The largest absolute Gasteiger partial charge is 0.493 e. The van der Waals surface area contributed by atoms with Gasteiger partial charge in [0, 0.05) is 31.6 Å². The lowest BCUT2D eigenvalue weighted by atomic mass is 9.83. The third-order valence-electron chi connectivity index (χ3n) is 6.97. The Morgan fingerprint density at radius 2 is 1.78 bits per heavy atom. The van der Waals surface area contributed by atoms with E-state index in [4.69, 9.17) is 23.7 Å². The summed E-state index contributed by atoms with van der Waals surface area (Å²) in [6, 6.07) is 14.8. The fraction of sp³-hybridized carbons (Fsp3) is 0.286. The Balaban J connectivity index is 1.34. The Kier molecular flexibility index (Phi) is 5.53. The van der Waals surface area contributed by atoms with Crippen molar-refractivity contribution in [1.29, 1.82) is 0 Å². The lowest BCUT2D eigenvalue weighted by molar-refractivity contribution is -0.131. The van der Waals surface area contributed by atoms with E-state index in [0.717, 1.165) is 42.0 Å². The van der Waals surface area contributed by atoms with Gasteiger partial charge in [-0.15, -0.1) is 0 Å². The van der Waals surface area contributed by atoms with E-state index in [1.807, 2.05) is 12.1 Å². The SMILES string of the molecule is COc1ccc2c(c1OC(=O)c1ccccc1OC(C)=O)CN1CCc3cc4c(cc3C1C2)OCO4. The fourth-order valence-corrected chi connectivity index (χ4v) is 5.29. The number of esters is 2. The molecule has 184 valence electrons. The van der Waals surface area contributed by atoms with Gasteiger partial charge in [-0.05, 0) is 59.9 Å². The molecule has 6 rings (SSSR count). The molecule has 0 fully saturated rings. The molecular formula is C28H25NO7. The summed E-state index contributed by atoms with van der Waals surface area (Å²) in [5, 5.41) is 0. The molecule has 0 N–H and O–H groups in total. The molecule has 0 aromatic heterocycles. The van der Waals surface area contributed by atoms with Crippen molar-refractivity contribution in [2.75, 3.05) is 20.4 Å². The summed E-state index contributed by atoms with van der Waals surface area (Å²) < 4.78 is 27.9. The number of ether oxygens (including phenoxy) is 5. The van der Waals surface area contributed by atoms with E-state index >= 15 is 0 Å². The summed E-state index contributed by atoms with van der Waals surface area (Å²) in [5.41, 5.74) is 4.72. The normalized spacial score (nSPS) is 17.4. The first-order chi connectivity index (χ1) is 17.5. The highest BCUT2D eigenvalue weighted by molar-refractivity contribution is 5.95. The second kappa shape index (κ2) is 8.87. The van der Waals surface area contributed by atoms with Gasteiger partial charge >= 0.3 is 11.9 Å². The molecule has 8 nitrogen and oxygen atoms in total. The molecule has 1 atom stereocenters. The zero-order valence-electron chi connectivity index (χ0n) is 20.0. The highest BCUT2D eigenvalue weighted by atomic mass is 16.7. The van der Waals surface area contributed by atoms with Gasteiger partial charge in [0.15, 0.2) is 23.0 Å². The van der Waals surface area contributed by atoms with Gasteiger partial charge < -0.3 is 23.7 Å². The number of fused-ring (bicyclic) bond motifs is 5. The predicted molar refractivity (Wildman–Crippen MR) is 129 cm³/mol. The third kappa shape index (κ3) is 3.83. The molecule has 3 heterocycles. The predicted octanol–water partition coefficient (Wildman–Crippen LogP) is 4.22. The van der Waals surface area contributed by atoms with Gasteiger partial charge in [0.1, 0.15) is 11.3 Å². The molecule has 0 saturated heterocycles. The van der Waals surface area contributed by atoms with E-state index in [1.165, 1.54) is 18.1 Å². The Hall–Kier alpha value is -4.04. The highest BCUT2D eigenvalue weighted by Gasteiger charge is 2.36. The number of methoxy groups -OCH3 is 1. The van der Waals surface area contributed by atoms with Gasteiger partial charge in [0.25, 0.3) is 0 Å². The van der Waals surface area contributed by atoms with Crippen LogP contribution in [-0.4, -0.2) is 37.3 Å². The Morgan fingerprint density at radius 1 is 0.972 bits per heavy atom. The van der Waals surface area contributed by atoms with Crippen molar-refractivity contribution in [3.05, 3.63) is 76.3 Å². The molecule has 3 aliphatic heterocycles. The van der Waals surface area contributed by atoms with Crippen molar-refractivity contribution >= 4 is 11.9 Å². The molecule has 0 aliphatic carbocycles. The van der Waals surface area contributed by atoms with Crippen LogP contribution in [0.3, 0.4) is 0 Å². The average Bonchev–Trinajstić information content (AvgIpc) is 3.34. The molecule has 0 bridgehead atoms. The summed E-state index contributed by atoms with van der Waals surface area (Å²) in [5.74, 6) is 1.51. The molecular weight excluding hydrogens is 462 g/mol. The van der Waals surface area contributed by atoms with Crippen molar-refractivity contribution in [3.8, 4) is 28.7 Å².